The van der Waals surface area contributed by atoms with E-state index in [9.17, 15) is 18.0 Å². The van der Waals surface area contributed by atoms with Crippen molar-refractivity contribution >= 4 is 17.3 Å². The quantitative estimate of drug-likeness (QED) is 0.491. The minimum absolute atomic E-state index is 0.0228. The van der Waals surface area contributed by atoms with Crippen LogP contribution in [0.5, 0.6) is 11.8 Å². The zero-order valence-corrected chi connectivity index (χ0v) is 19.5. The van der Waals surface area contributed by atoms with Crippen LogP contribution in [0.1, 0.15) is 34.1 Å². The third-order valence-electron chi connectivity index (χ3n) is 4.78. The number of aromatic nitrogens is 4. The summed E-state index contributed by atoms with van der Waals surface area (Å²) in [4.78, 5) is 28.0. The standard InChI is InChI=1S/C22H24F3N5O5/c1-11(28-20(31)35-21(2,3)4)9-33-19-27-8-15-17(30-19)34-18(29-15)16-14(23)5-13(7-26-16)32-10-12-6-22(12,24)25/h5,7-8,11-12H,6,9-10H2,1-4H3,(H,28,31)/t11-,12+/m0/s1. The van der Waals surface area contributed by atoms with Crippen molar-refractivity contribution in [3.05, 3.63) is 24.3 Å². The summed E-state index contributed by atoms with van der Waals surface area (Å²) in [5, 5.41) is 2.63. The van der Waals surface area contributed by atoms with E-state index in [-0.39, 0.29) is 54.2 Å². The van der Waals surface area contributed by atoms with Crippen LogP contribution in [0.2, 0.25) is 0 Å². The Morgan fingerprint density at radius 3 is 2.66 bits per heavy atom. The molecule has 0 unspecified atom stereocenters. The Morgan fingerprint density at radius 1 is 1.26 bits per heavy atom. The SMILES string of the molecule is C[C@@H](COc1ncc2nc(-c3ncc(OC[C@H]4CC4(F)F)cc3F)oc2n1)NC(=O)OC(C)(C)C. The van der Waals surface area contributed by atoms with E-state index in [1.54, 1.807) is 27.7 Å². The van der Waals surface area contributed by atoms with Crippen molar-refractivity contribution in [2.45, 2.75) is 51.7 Å². The topological polar surface area (TPSA) is 121 Å². The Balaban J connectivity index is 1.37. The van der Waals surface area contributed by atoms with Crippen LogP contribution in [0.15, 0.2) is 22.9 Å². The fourth-order valence-corrected chi connectivity index (χ4v) is 2.94. The molecule has 0 saturated heterocycles. The molecule has 3 heterocycles. The van der Waals surface area contributed by atoms with Gasteiger partial charge in [-0.05, 0) is 27.7 Å². The van der Waals surface area contributed by atoms with Gasteiger partial charge in [-0.15, -0.1) is 0 Å². The first-order valence-electron chi connectivity index (χ1n) is 10.8. The maximum atomic E-state index is 14.6. The zero-order chi connectivity index (χ0) is 25.4. The highest BCUT2D eigenvalue weighted by Gasteiger charge is 2.57. The third kappa shape index (κ3) is 6.28. The van der Waals surface area contributed by atoms with Crippen LogP contribution in [-0.4, -0.2) is 56.8 Å². The maximum absolute atomic E-state index is 14.6. The lowest BCUT2D eigenvalue weighted by molar-refractivity contribution is 0.0492. The monoisotopic (exact) mass is 495 g/mol. The highest BCUT2D eigenvalue weighted by Crippen LogP contribution is 2.48. The van der Waals surface area contributed by atoms with Gasteiger partial charge in [0.2, 0.25) is 0 Å². The number of carbonyl (C=O) groups excluding carboxylic acids is 1. The van der Waals surface area contributed by atoms with Crippen LogP contribution in [0.25, 0.3) is 22.8 Å². The van der Waals surface area contributed by atoms with Crippen LogP contribution < -0.4 is 14.8 Å². The number of halogens is 3. The minimum Gasteiger partial charge on any atom is -0.491 e. The molecular formula is C22H24F3N5O5. The Hall–Kier alpha value is -3.64. The van der Waals surface area contributed by atoms with Crippen molar-refractivity contribution in [2.75, 3.05) is 13.2 Å². The minimum atomic E-state index is -2.72. The van der Waals surface area contributed by atoms with Gasteiger partial charge < -0.3 is 23.9 Å². The second-order valence-corrected chi connectivity index (χ2v) is 9.19. The summed E-state index contributed by atoms with van der Waals surface area (Å²) in [5.74, 6) is -4.52. The first-order valence-corrected chi connectivity index (χ1v) is 10.8. The van der Waals surface area contributed by atoms with Gasteiger partial charge in [-0.3, -0.25) is 0 Å². The molecule has 0 spiro atoms. The number of amides is 1. The summed E-state index contributed by atoms with van der Waals surface area (Å²) >= 11 is 0. The van der Waals surface area contributed by atoms with Gasteiger partial charge in [0.15, 0.2) is 11.5 Å². The molecule has 10 nitrogen and oxygen atoms in total. The average Bonchev–Trinajstić information content (AvgIpc) is 3.15. The van der Waals surface area contributed by atoms with Gasteiger partial charge in [0, 0.05) is 12.5 Å². The lowest BCUT2D eigenvalue weighted by Crippen LogP contribution is -2.40. The van der Waals surface area contributed by atoms with Crippen LogP contribution >= 0.6 is 0 Å². The van der Waals surface area contributed by atoms with Crippen molar-refractivity contribution in [1.82, 2.24) is 25.3 Å². The second-order valence-electron chi connectivity index (χ2n) is 9.19. The number of nitrogens with zero attached hydrogens (tertiary/aromatic N) is 4. The van der Waals surface area contributed by atoms with Crippen LogP contribution in [0, 0.1) is 11.7 Å². The Bertz CT molecular complexity index is 1230. The summed E-state index contributed by atoms with van der Waals surface area (Å²) in [6.07, 6.45) is 1.71. The lowest BCUT2D eigenvalue weighted by Gasteiger charge is -2.21. The number of alkyl carbamates (subject to hydrolysis) is 1. The molecule has 2 atom stereocenters. The van der Waals surface area contributed by atoms with Gasteiger partial charge in [-0.2, -0.15) is 4.98 Å². The molecule has 1 amide bonds. The summed E-state index contributed by atoms with van der Waals surface area (Å²) in [6.45, 7) is 6.81. The smallest absolute Gasteiger partial charge is 0.407 e. The molecule has 0 bridgehead atoms. The van der Waals surface area contributed by atoms with E-state index >= 15 is 0 Å². The van der Waals surface area contributed by atoms with E-state index in [0.717, 1.165) is 6.07 Å². The van der Waals surface area contributed by atoms with Gasteiger partial charge in [-0.25, -0.2) is 32.9 Å². The van der Waals surface area contributed by atoms with Crippen molar-refractivity contribution < 1.29 is 36.6 Å². The van der Waals surface area contributed by atoms with E-state index in [0.29, 0.717) is 0 Å². The summed E-state index contributed by atoms with van der Waals surface area (Å²) in [5.41, 5.74) is -0.552. The highest BCUT2D eigenvalue weighted by molar-refractivity contribution is 5.71. The highest BCUT2D eigenvalue weighted by atomic mass is 19.3. The molecular weight excluding hydrogens is 471 g/mol. The van der Waals surface area contributed by atoms with E-state index in [1.807, 2.05) is 0 Å². The predicted molar refractivity (Wildman–Crippen MR) is 116 cm³/mol. The number of alkyl halides is 2. The number of pyridine rings is 1. The van der Waals surface area contributed by atoms with E-state index in [4.69, 9.17) is 18.6 Å². The second kappa shape index (κ2) is 9.19. The Kier molecular flexibility index (Phi) is 6.43. The number of hydrogen-bond donors (Lipinski definition) is 1. The van der Waals surface area contributed by atoms with E-state index in [1.165, 1.54) is 12.4 Å². The normalized spacial score (nSPS) is 17.6. The zero-order valence-electron chi connectivity index (χ0n) is 19.5. The number of ether oxygens (including phenoxy) is 3. The van der Waals surface area contributed by atoms with Gasteiger partial charge in [-0.1, -0.05) is 0 Å². The van der Waals surface area contributed by atoms with Gasteiger partial charge in [0.1, 0.15) is 23.5 Å². The number of rotatable bonds is 8. The molecule has 4 rings (SSSR count). The molecule has 13 heteroatoms. The van der Waals surface area contributed by atoms with Crippen LogP contribution in [0.3, 0.4) is 0 Å². The number of fused-ring (bicyclic) bond motifs is 1. The van der Waals surface area contributed by atoms with Crippen LogP contribution in [0.4, 0.5) is 18.0 Å². The number of carbonyl (C=O) groups is 1. The van der Waals surface area contributed by atoms with Crippen molar-refractivity contribution in [1.29, 1.82) is 0 Å². The van der Waals surface area contributed by atoms with Crippen molar-refractivity contribution in [3.63, 3.8) is 0 Å². The van der Waals surface area contributed by atoms with Gasteiger partial charge >= 0.3 is 12.1 Å². The lowest BCUT2D eigenvalue weighted by atomic mass is 10.2. The molecule has 0 aliphatic heterocycles. The molecule has 0 aromatic carbocycles. The first-order chi connectivity index (χ1) is 16.4. The van der Waals surface area contributed by atoms with Crippen LogP contribution in [-0.2, 0) is 4.74 Å². The summed E-state index contributed by atoms with van der Waals surface area (Å²) in [7, 11) is 0. The molecule has 0 radical (unpaired) electrons. The summed E-state index contributed by atoms with van der Waals surface area (Å²) in [6, 6.07) is 0.587. The fourth-order valence-electron chi connectivity index (χ4n) is 2.94. The molecule has 35 heavy (non-hydrogen) atoms. The molecule has 188 valence electrons. The third-order valence-corrected chi connectivity index (χ3v) is 4.78. The molecule has 1 fully saturated rings. The number of nitrogens with one attached hydrogen (secondary N) is 1. The molecule has 1 saturated carbocycles. The van der Waals surface area contributed by atoms with Gasteiger partial charge in [0.25, 0.3) is 17.5 Å². The first kappa shape index (κ1) is 24.5. The summed E-state index contributed by atoms with van der Waals surface area (Å²) < 4.78 is 61.8. The molecule has 3 aromatic heterocycles. The molecule has 3 aromatic rings. The molecule has 1 N–H and O–H groups in total. The molecule has 1 aliphatic carbocycles. The number of oxazole rings is 1. The average molecular weight is 495 g/mol. The molecule has 1 aliphatic rings. The Labute approximate surface area is 198 Å². The van der Waals surface area contributed by atoms with E-state index < -0.39 is 35.4 Å². The Morgan fingerprint density at radius 2 is 2.00 bits per heavy atom. The fraction of sp³-hybridized carbons (Fsp3) is 0.500. The van der Waals surface area contributed by atoms with Gasteiger partial charge in [0.05, 0.1) is 31.0 Å². The van der Waals surface area contributed by atoms with Crippen molar-refractivity contribution in [3.8, 4) is 23.3 Å². The maximum Gasteiger partial charge on any atom is 0.407 e. The number of hydrogen-bond acceptors (Lipinski definition) is 9. The predicted octanol–water partition coefficient (Wildman–Crippen LogP) is 4.14. The van der Waals surface area contributed by atoms with Crippen molar-refractivity contribution in [2.24, 2.45) is 5.92 Å². The largest absolute Gasteiger partial charge is 0.491 e. The van der Waals surface area contributed by atoms with E-state index in [2.05, 4.69) is 25.3 Å².